The van der Waals surface area contributed by atoms with Crippen molar-refractivity contribution in [1.82, 2.24) is 10.6 Å². The number of aliphatic carboxylic acids is 1. The van der Waals surface area contributed by atoms with Crippen molar-refractivity contribution in [2.45, 2.75) is 37.8 Å². The molecule has 3 amide bonds. The van der Waals surface area contributed by atoms with E-state index in [4.69, 9.17) is 10.8 Å². The second-order valence-electron chi connectivity index (χ2n) is 4.22. The summed E-state index contributed by atoms with van der Waals surface area (Å²) in [4.78, 5) is 32.6. The SMILES string of the molecule is CC1(NC(=O)N[C@H](CC(N)=O)C(=O)O)CC1. The van der Waals surface area contributed by atoms with Crippen molar-refractivity contribution >= 4 is 17.9 Å². The number of urea groups is 1. The number of carboxylic acid groups (broad SMARTS) is 1. The first-order valence-electron chi connectivity index (χ1n) is 4.92. The summed E-state index contributed by atoms with van der Waals surface area (Å²) < 4.78 is 0. The van der Waals surface area contributed by atoms with Crippen molar-refractivity contribution in [2.75, 3.05) is 0 Å². The molecule has 0 spiro atoms. The molecule has 0 unspecified atom stereocenters. The number of hydrogen-bond acceptors (Lipinski definition) is 3. The first-order chi connectivity index (χ1) is 7.32. The van der Waals surface area contributed by atoms with Crippen LogP contribution in [-0.4, -0.2) is 34.6 Å². The molecule has 1 rings (SSSR count). The topological polar surface area (TPSA) is 122 Å². The van der Waals surface area contributed by atoms with Gasteiger partial charge in [0.1, 0.15) is 6.04 Å². The average molecular weight is 229 g/mol. The highest BCUT2D eigenvalue weighted by molar-refractivity contribution is 5.87. The van der Waals surface area contributed by atoms with Crippen LogP contribution in [-0.2, 0) is 9.59 Å². The summed E-state index contributed by atoms with van der Waals surface area (Å²) in [6.07, 6.45) is 1.32. The van der Waals surface area contributed by atoms with Crippen LogP contribution >= 0.6 is 0 Å². The molecule has 0 heterocycles. The van der Waals surface area contributed by atoms with Gasteiger partial charge in [0.15, 0.2) is 0 Å². The number of nitrogens with two attached hydrogens (primary N) is 1. The monoisotopic (exact) mass is 229 g/mol. The van der Waals surface area contributed by atoms with Crippen LogP contribution in [0.5, 0.6) is 0 Å². The van der Waals surface area contributed by atoms with Crippen LogP contribution < -0.4 is 16.4 Å². The molecule has 7 nitrogen and oxygen atoms in total. The summed E-state index contributed by atoms with van der Waals surface area (Å²) in [5.41, 5.74) is 4.64. The van der Waals surface area contributed by atoms with Crippen LogP contribution in [0.1, 0.15) is 26.2 Å². The zero-order valence-electron chi connectivity index (χ0n) is 8.95. The molecule has 0 saturated heterocycles. The maximum absolute atomic E-state index is 11.4. The Balaban J connectivity index is 2.44. The largest absolute Gasteiger partial charge is 0.480 e. The van der Waals surface area contributed by atoms with Crippen LogP contribution in [0.4, 0.5) is 4.79 Å². The Kier molecular flexibility index (Phi) is 3.36. The number of amides is 3. The highest BCUT2D eigenvalue weighted by Crippen LogP contribution is 2.33. The second kappa shape index (κ2) is 4.38. The Bertz CT molecular complexity index is 325. The number of carbonyl (C=O) groups excluding carboxylic acids is 2. The van der Waals surface area contributed by atoms with Gasteiger partial charge in [0.2, 0.25) is 5.91 Å². The molecule has 7 heteroatoms. The third-order valence-corrected chi connectivity index (χ3v) is 2.42. The maximum Gasteiger partial charge on any atom is 0.326 e. The van der Waals surface area contributed by atoms with E-state index in [1.54, 1.807) is 0 Å². The summed E-state index contributed by atoms with van der Waals surface area (Å²) in [5.74, 6) is -2.06. The minimum absolute atomic E-state index is 0.236. The summed E-state index contributed by atoms with van der Waals surface area (Å²) in [6, 6.07) is -1.87. The summed E-state index contributed by atoms with van der Waals surface area (Å²) in [6.45, 7) is 1.86. The van der Waals surface area contributed by atoms with Gasteiger partial charge in [0.25, 0.3) is 0 Å². The molecule has 1 aliphatic carbocycles. The number of hydrogen-bond donors (Lipinski definition) is 4. The van der Waals surface area contributed by atoms with Crippen molar-refractivity contribution in [3.05, 3.63) is 0 Å². The molecule has 16 heavy (non-hydrogen) atoms. The van der Waals surface area contributed by atoms with Gasteiger partial charge in [-0.1, -0.05) is 0 Å². The van der Waals surface area contributed by atoms with Gasteiger partial charge < -0.3 is 21.5 Å². The lowest BCUT2D eigenvalue weighted by atomic mass is 10.2. The van der Waals surface area contributed by atoms with E-state index in [2.05, 4.69) is 10.6 Å². The van der Waals surface area contributed by atoms with Crippen molar-refractivity contribution < 1.29 is 19.5 Å². The number of rotatable bonds is 5. The van der Waals surface area contributed by atoms with Gasteiger partial charge in [0.05, 0.1) is 6.42 Å². The molecular formula is C9H15N3O4. The molecule has 90 valence electrons. The van der Waals surface area contributed by atoms with Crippen LogP contribution in [0.25, 0.3) is 0 Å². The van der Waals surface area contributed by atoms with Crippen LogP contribution in [0.3, 0.4) is 0 Å². The van der Waals surface area contributed by atoms with Gasteiger partial charge in [-0.2, -0.15) is 0 Å². The molecule has 0 bridgehead atoms. The van der Waals surface area contributed by atoms with Gasteiger partial charge in [-0.15, -0.1) is 0 Å². The number of nitrogens with one attached hydrogen (secondary N) is 2. The molecule has 0 aromatic heterocycles. The molecule has 0 radical (unpaired) electrons. The van der Waals surface area contributed by atoms with Crippen molar-refractivity contribution in [3.8, 4) is 0 Å². The lowest BCUT2D eigenvalue weighted by molar-refractivity contribution is -0.140. The van der Waals surface area contributed by atoms with Gasteiger partial charge >= 0.3 is 12.0 Å². The van der Waals surface area contributed by atoms with E-state index in [0.717, 1.165) is 12.8 Å². The zero-order valence-corrected chi connectivity index (χ0v) is 8.95. The number of carboxylic acids is 1. The van der Waals surface area contributed by atoms with Crippen molar-refractivity contribution in [1.29, 1.82) is 0 Å². The van der Waals surface area contributed by atoms with E-state index >= 15 is 0 Å². The van der Waals surface area contributed by atoms with E-state index in [9.17, 15) is 14.4 Å². The highest BCUT2D eigenvalue weighted by atomic mass is 16.4. The molecule has 0 aromatic rings. The Hall–Kier alpha value is -1.79. The fraction of sp³-hybridized carbons (Fsp3) is 0.667. The lowest BCUT2D eigenvalue weighted by Crippen LogP contribution is -2.50. The first kappa shape index (κ1) is 12.3. The van der Waals surface area contributed by atoms with Gasteiger partial charge in [-0.3, -0.25) is 4.79 Å². The fourth-order valence-electron chi connectivity index (χ4n) is 1.18. The van der Waals surface area contributed by atoms with E-state index in [1.807, 2.05) is 6.92 Å². The Morgan fingerprint density at radius 3 is 2.38 bits per heavy atom. The number of carbonyl (C=O) groups is 3. The predicted molar refractivity (Wildman–Crippen MR) is 54.5 cm³/mol. The van der Waals surface area contributed by atoms with E-state index in [0.29, 0.717) is 0 Å². The molecule has 1 fully saturated rings. The van der Waals surface area contributed by atoms with Crippen molar-refractivity contribution in [2.24, 2.45) is 5.73 Å². The molecule has 5 N–H and O–H groups in total. The van der Waals surface area contributed by atoms with Crippen LogP contribution in [0.15, 0.2) is 0 Å². The zero-order chi connectivity index (χ0) is 12.3. The minimum Gasteiger partial charge on any atom is -0.480 e. The molecular weight excluding hydrogens is 214 g/mol. The Labute approximate surface area is 92.4 Å². The summed E-state index contributed by atoms with van der Waals surface area (Å²) >= 11 is 0. The Morgan fingerprint density at radius 2 is 2.00 bits per heavy atom. The van der Waals surface area contributed by atoms with Gasteiger partial charge in [0, 0.05) is 5.54 Å². The van der Waals surface area contributed by atoms with Crippen LogP contribution in [0, 0.1) is 0 Å². The lowest BCUT2D eigenvalue weighted by Gasteiger charge is -2.16. The minimum atomic E-state index is -1.28. The maximum atomic E-state index is 11.4. The summed E-state index contributed by atoms with van der Waals surface area (Å²) in [7, 11) is 0. The van der Waals surface area contributed by atoms with Crippen molar-refractivity contribution in [3.63, 3.8) is 0 Å². The second-order valence-corrected chi connectivity index (χ2v) is 4.22. The molecule has 1 saturated carbocycles. The first-order valence-corrected chi connectivity index (χ1v) is 4.92. The fourth-order valence-corrected chi connectivity index (χ4v) is 1.18. The molecule has 1 atom stereocenters. The average Bonchev–Trinajstić information content (AvgIpc) is 2.80. The van der Waals surface area contributed by atoms with Crippen LogP contribution in [0.2, 0.25) is 0 Å². The predicted octanol–water partition coefficient (Wildman–Crippen LogP) is -0.833. The summed E-state index contributed by atoms with van der Waals surface area (Å²) in [5, 5.41) is 13.6. The van der Waals surface area contributed by atoms with E-state index in [-0.39, 0.29) is 5.54 Å². The smallest absolute Gasteiger partial charge is 0.326 e. The number of primary amides is 1. The quantitative estimate of drug-likeness (QED) is 0.491. The van der Waals surface area contributed by atoms with E-state index < -0.39 is 30.4 Å². The third kappa shape index (κ3) is 3.76. The van der Waals surface area contributed by atoms with E-state index in [1.165, 1.54) is 0 Å². The molecule has 1 aliphatic rings. The molecule has 0 aromatic carbocycles. The molecule has 0 aliphatic heterocycles. The van der Waals surface area contributed by atoms with Gasteiger partial charge in [-0.05, 0) is 19.8 Å². The standard InChI is InChI=1S/C9H15N3O4/c1-9(2-3-9)12-8(16)11-5(7(14)15)4-6(10)13/h5H,2-4H2,1H3,(H2,10,13)(H,14,15)(H2,11,12,16)/t5-/m1/s1. The Morgan fingerprint density at radius 1 is 1.44 bits per heavy atom. The normalized spacial score (nSPS) is 18.3. The third-order valence-electron chi connectivity index (χ3n) is 2.42. The highest BCUT2D eigenvalue weighted by Gasteiger charge is 2.39. The van der Waals surface area contributed by atoms with Gasteiger partial charge in [-0.25, -0.2) is 9.59 Å².